The van der Waals surface area contributed by atoms with Gasteiger partial charge in [-0.15, -0.1) is 0 Å². The van der Waals surface area contributed by atoms with Crippen LogP contribution in [0.4, 0.5) is 0 Å². The Morgan fingerprint density at radius 3 is 2.43 bits per heavy atom. The molecule has 3 amide bonds. The molecule has 13 nitrogen and oxygen atoms in total. The van der Waals surface area contributed by atoms with Crippen molar-refractivity contribution in [1.29, 1.82) is 0 Å². The molecule has 0 bridgehead atoms. The number of aliphatic hydroxyl groups is 2. The number of guanidine groups is 2. The molecule has 0 saturated carbocycles. The van der Waals surface area contributed by atoms with Gasteiger partial charge in [-0.25, -0.2) is 10.3 Å². The average Bonchev–Trinajstić information content (AvgIpc) is 3.56. The van der Waals surface area contributed by atoms with Crippen molar-refractivity contribution in [3.63, 3.8) is 0 Å². The van der Waals surface area contributed by atoms with Crippen LogP contribution >= 0.6 is 0 Å². The Bertz CT molecular complexity index is 1510. The summed E-state index contributed by atoms with van der Waals surface area (Å²) in [5.74, 6) is -3.80. The summed E-state index contributed by atoms with van der Waals surface area (Å²) >= 11 is 0. The van der Waals surface area contributed by atoms with Gasteiger partial charge in [0.05, 0.1) is 13.1 Å². The van der Waals surface area contributed by atoms with Gasteiger partial charge in [-0.1, -0.05) is 62.4 Å². The number of hydrogen-bond donors (Lipinski definition) is 7. The zero-order chi connectivity index (χ0) is 30.0. The molecule has 2 aromatic carbocycles. The number of imide groups is 1. The van der Waals surface area contributed by atoms with Crippen molar-refractivity contribution >= 4 is 29.6 Å². The lowest BCUT2D eigenvalue weighted by molar-refractivity contribution is -0.521. The van der Waals surface area contributed by atoms with Crippen molar-refractivity contribution in [2.75, 3.05) is 13.1 Å². The van der Waals surface area contributed by atoms with Crippen LogP contribution in [-0.2, 0) is 15.0 Å². The minimum absolute atomic E-state index is 0.0355. The summed E-state index contributed by atoms with van der Waals surface area (Å²) in [5.41, 5.74) is 12.4. The maximum absolute atomic E-state index is 13.8. The predicted octanol–water partition coefficient (Wildman–Crippen LogP) is -2.98. The van der Waals surface area contributed by atoms with Gasteiger partial charge in [0, 0.05) is 23.8 Å². The van der Waals surface area contributed by atoms with Crippen LogP contribution in [0.25, 0.3) is 0 Å². The first-order valence-corrected chi connectivity index (χ1v) is 13.9. The third kappa shape index (κ3) is 3.95. The predicted molar refractivity (Wildman–Crippen MR) is 151 cm³/mol. The molecule has 6 rings (SSSR count). The summed E-state index contributed by atoms with van der Waals surface area (Å²) in [7, 11) is 0. The van der Waals surface area contributed by atoms with Crippen LogP contribution in [0.5, 0.6) is 0 Å². The maximum atomic E-state index is 13.8. The third-order valence-electron chi connectivity index (χ3n) is 9.05. The van der Waals surface area contributed by atoms with Gasteiger partial charge in [-0.05, 0) is 17.2 Å². The number of nitrogens with one attached hydrogen (secondary N) is 3. The van der Waals surface area contributed by atoms with Crippen LogP contribution in [-0.4, -0.2) is 92.3 Å². The fourth-order valence-electron chi connectivity index (χ4n) is 6.81. The summed E-state index contributed by atoms with van der Waals surface area (Å²) in [6.45, 7) is 3.83. The molecule has 0 aliphatic carbocycles. The van der Waals surface area contributed by atoms with Gasteiger partial charge >= 0.3 is 5.96 Å². The number of carbonyl (C=O) groups excluding carboxylic acids is 3. The molecule has 1 spiro atoms. The minimum Gasteiger partial charge on any atom is -0.370 e. The number of aliphatic imine (C=N–C) groups is 1. The molecule has 0 aromatic heterocycles. The van der Waals surface area contributed by atoms with Gasteiger partial charge in [-0.2, -0.15) is 0 Å². The van der Waals surface area contributed by atoms with E-state index in [4.69, 9.17) is 11.5 Å². The summed E-state index contributed by atoms with van der Waals surface area (Å²) in [6, 6.07) is 14.0. The second-order valence-electron chi connectivity index (χ2n) is 11.8. The van der Waals surface area contributed by atoms with Gasteiger partial charge in [-0.3, -0.25) is 34.9 Å². The van der Waals surface area contributed by atoms with E-state index in [1.165, 1.54) is 4.90 Å². The van der Waals surface area contributed by atoms with Crippen LogP contribution in [0.15, 0.2) is 59.6 Å². The molecule has 42 heavy (non-hydrogen) atoms. The number of nitrogens with zero attached hydrogens (tertiary/aromatic N) is 3. The average molecular weight is 576 g/mol. The third-order valence-corrected chi connectivity index (χ3v) is 9.05. The van der Waals surface area contributed by atoms with Crippen LogP contribution in [0.3, 0.4) is 0 Å². The second kappa shape index (κ2) is 9.53. The van der Waals surface area contributed by atoms with Crippen molar-refractivity contribution in [3.05, 3.63) is 71.3 Å². The topological polar surface area (TPSA) is 201 Å². The summed E-state index contributed by atoms with van der Waals surface area (Å²) in [5, 5.41) is 29.4. The zero-order valence-corrected chi connectivity index (χ0v) is 23.4. The Morgan fingerprint density at radius 1 is 1.10 bits per heavy atom. The quantitative estimate of drug-likeness (QED) is 0.139. The van der Waals surface area contributed by atoms with E-state index in [-0.39, 0.29) is 49.7 Å². The van der Waals surface area contributed by atoms with Crippen LogP contribution in [0, 0.1) is 0 Å². The SMILES string of the molecule is CC(C)(c1ccccc1)c1ccccc1C(=O)NC1CN2C(N)=N[C@@H](CN3C(=O)CCC3=O)[C@@H]3[NH+]=C(N)N[C@@]32C1(O)O. The molecule has 4 aliphatic heterocycles. The molecule has 2 saturated heterocycles. The van der Waals surface area contributed by atoms with Gasteiger partial charge in [0.1, 0.15) is 12.1 Å². The van der Waals surface area contributed by atoms with E-state index in [1.807, 2.05) is 56.3 Å². The standard InChI is InChI=1S/C29H34N8O5/c1-27(2,16-8-4-3-5-9-16)18-11-7-6-10-17(18)24(40)33-20-15-37-26(31)32-19(14-36-21(38)12-13-22(36)39)23-28(37,29(20,41)42)35-25(30)34-23/h3-11,19-20,23,41-42H,12-15H2,1-2H3,(H2,31,32)(H,33,40)(H3,30,34,35)/p+1/t19-,20?,23-,28-/m0/s1. The second-order valence-corrected chi connectivity index (χ2v) is 11.8. The Labute approximate surface area is 242 Å². The van der Waals surface area contributed by atoms with Crippen LogP contribution < -0.4 is 27.1 Å². The van der Waals surface area contributed by atoms with E-state index in [0.29, 0.717) is 5.56 Å². The number of hydrogen-bond acceptors (Lipinski definition) is 10. The number of amides is 3. The Morgan fingerprint density at radius 2 is 1.74 bits per heavy atom. The Balaban J connectivity index is 1.31. The highest BCUT2D eigenvalue weighted by atomic mass is 16.5. The van der Waals surface area contributed by atoms with Crippen LogP contribution in [0.2, 0.25) is 0 Å². The molecular formula is C29H35N8O5+. The zero-order valence-electron chi connectivity index (χ0n) is 23.4. The Kier molecular flexibility index (Phi) is 6.28. The number of rotatable bonds is 6. The minimum atomic E-state index is -2.62. The smallest absolute Gasteiger partial charge is 0.343 e. The van der Waals surface area contributed by atoms with Crippen molar-refractivity contribution in [3.8, 4) is 0 Å². The van der Waals surface area contributed by atoms with Gasteiger partial charge in [0.15, 0.2) is 12.0 Å². The molecule has 4 atom stereocenters. The lowest BCUT2D eigenvalue weighted by atomic mass is 9.76. The molecule has 4 heterocycles. The summed E-state index contributed by atoms with van der Waals surface area (Å²) in [4.78, 5) is 48.6. The van der Waals surface area contributed by atoms with Crippen molar-refractivity contribution in [1.82, 2.24) is 20.4 Å². The molecule has 1 unspecified atom stereocenters. The molecule has 4 aliphatic rings. The first kappa shape index (κ1) is 27.7. The van der Waals surface area contributed by atoms with E-state index < -0.39 is 40.9 Å². The normalized spacial score (nSPS) is 28.1. The number of benzene rings is 2. The largest absolute Gasteiger partial charge is 0.370 e. The molecular weight excluding hydrogens is 540 g/mol. The van der Waals surface area contributed by atoms with Gasteiger partial charge in [0.25, 0.3) is 11.6 Å². The van der Waals surface area contributed by atoms with Gasteiger partial charge < -0.3 is 21.3 Å². The van der Waals surface area contributed by atoms with Gasteiger partial charge in [0.2, 0.25) is 17.6 Å². The first-order chi connectivity index (χ1) is 19.9. The molecule has 13 heteroatoms. The lowest BCUT2D eigenvalue weighted by Gasteiger charge is -2.46. The first-order valence-electron chi connectivity index (χ1n) is 13.9. The molecule has 2 fully saturated rings. The summed E-state index contributed by atoms with van der Waals surface area (Å²) < 4.78 is 0. The highest BCUT2D eigenvalue weighted by Crippen LogP contribution is 2.42. The fraction of sp³-hybridized carbons (Fsp3) is 0.414. The lowest BCUT2D eigenvalue weighted by Crippen LogP contribution is -2.90. The number of carbonyl (C=O) groups is 3. The van der Waals surface area contributed by atoms with Crippen molar-refractivity contribution in [2.45, 2.75) is 61.7 Å². The fourth-order valence-corrected chi connectivity index (χ4v) is 6.81. The number of likely N-dealkylation sites (tertiary alicyclic amines) is 1. The van der Waals surface area contributed by atoms with Crippen molar-refractivity contribution < 1.29 is 29.6 Å². The highest BCUT2D eigenvalue weighted by Gasteiger charge is 2.76. The highest BCUT2D eigenvalue weighted by molar-refractivity contribution is 6.02. The molecule has 220 valence electrons. The maximum Gasteiger partial charge on any atom is 0.343 e. The van der Waals surface area contributed by atoms with E-state index in [1.54, 1.807) is 12.1 Å². The van der Waals surface area contributed by atoms with E-state index in [2.05, 4.69) is 20.6 Å². The molecule has 2 aromatic rings. The molecule has 0 radical (unpaired) electrons. The van der Waals surface area contributed by atoms with Crippen LogP contribution in [0.1, 0.15) is 48.2 Å². The van der Waals surface area contributed by atoms with Crippen molar-refractivity contribution in [2.24, 2.45) is 16.5 Å². The summed E-state index contributed by atoms with van der Waals surface area (Å²) in [6.07, 6.45) is 0.209. The van der Waals surface area contributed by atoms with E-state index in [0.717, 1.165) is 16.0 Å². The molecule has 9 N–H and O–H groups in total. The monoisotopic (exact) mass is 575 g/mol. The van der Waals surface area contributed by atoms with E-state index in [9.17, 15) is 24.6 Å². The number of nitrogens with two attached hydrogens (primary N) is 2. The van der Waals surface area contributed by atoms with E-state index >= 15 is 0 Å². The Hall–Kier alpha value is -4.49.